The molecular formula is C12H19ClIN3O. The molecule has 0 aliphatic carbocycles. The second kappa shape index (κ2) is 6.77. The van der Waals surface area contributed by atoms with Crippen LogP contribution in [0, 0.1) is 9.49 Å². The third kappa shape index (κ3) is 3.39. The van der Waals surface area contributed by atoms with Crippen molar-refractivity contribution in [1.82, 2.24) is 9.88 Å². The van der Waals surface area contributed by atoms with E-state index in [4.69, 9.17) is 5.73 Å². The van der Waals surface area contributed by atoms with Gasteiger partial charge in [-0.25, -0.2) is 0 Å². The summed E-state index contributed by atoms with van der Waals surface area (Å²) >= 11 is 2.20. The lowest BCUT2D eigenvalue weighted by atomic mass is 9.92. The number of hydrogen-bond donors (Lipinski definition) is 2. The van der Waals surface area contributed by atoms with Crippen LogP contribution >= 0.6 is 35.0 Å². The van der Waals surface area contributed by atoms with Gasteiger partial charge in [-0.2, -0.15) is 0 Å². The lowest BCUT2D eigenvalue weighted by Crippen LogP contribution is -2.49. The molecule has 1 fully saturated rings. The average Bonchev–Trinajstić information content (AvgIpc) is 2.75. The number of nitrogens with two attached hydrogens (primary N) is 1. The molecule has 3 N–H and O–H groups in total. The lowest BCUT2D eigenvalue weighted by Gasteiger charge is -2.37. The third-order valence-corrected chi connectivity index (χ3v) is 4.01. The first-order valence-corrected chi connectivity index (χ1v) is 7.04. The highest BCUT2D eigenvalue weighted by Gasteiger charge is 2.29. The quantitative estimate of drug-likeness (QED) is 0.770. The van der Waals surface area contributed by atoms with Gasteiger partial charge < -0.3 is 15.6 Å². The van der Waals surface area contributed by atoms with Crippen LogP contribution in [0.3, 0.4) is 0 Å². The Balaban J connectivity index is 0.00000162. The maximum atomic E-state index is 12.3. The molecule has 1 aliphatic rings. The predicted octanol–water partition coefficient (Wildman–Crippen LogP) is 2.24. The van der Waals surface area contributed by atoms with Crippen LogP contribution in [0.25, 0.3) is 0 Å². The summed E-state index contributed by atoms with van der Waals surface area (Å²) in [5, 5.41) is 0. The van der Waals surface area contributed by atoms with Gasteiger partial charge in [0.05, 0.1) is 0 Å². The molecule has 2 atom stereocenters. The SMILES string of the molecule is CC1CCN(C(=O)c2cc(I)c[nH]2)C(CN)C1.Cl. The molecule has 18 heavy (non-hydrogen) atoms. The van der Waals surface area contributed by atoms with Crippen LogP contribution in [0.2, 0.25) is 0 Å². The number of H-pyrrole nitrogens is 1. The standard InChI is InChI=1S/C12H18IN3O.ClH/c1-8-2-3-16(10(4-8)6-14)12(17)11-5-9(13)7-15-11;/h5,7-8,10,15H,2-4,6,14H2,1H3;1H. The zero-order valence-electron chi connectivity index (χ0n) is 10.4. The van der Waals surface area contributed by atoms with Crippen LogP contribution in [-0.2, 0) is 0 Å². The van der Waals surface area contributed by atoms with E-state index in [0.29, 0.717) is 18.2 Å². The van der Waals surface area contributed by atoms with Gasteiger partial charge in [0.25, 0.3) is 5.91 Å². The van der Waals surface area contributed by atoms with E-state index in [2.05, 4.69) is 34.5 Å². The first-order valence-electron chi connectivity index (χ1n) is 5.96. The maximum Gasteiger partial charge on any atom is 0.270 e. The van der Waals surface area contributed by atoms with Crippen molar-refractivity contribution in [3.05, 3.63) is 21.5 Å². The fourth-order valence-corrected chi connectivity index (χ4v) is 2.86. The topological polar surface area (TPSA) is 62.1 Å². The lowest BCUT2D eigenvalue weighted by molar-refractivity contribution is 0.0568. The Morgan fingerprint density at radius 3 is 2.94 bits per heavy atom. The second-order valence-electron chi connectivity index (χ2n) is 4.75. The molecule has 0 spiro atoms. The van der Waals surface area contributed by atoms with Crippen LogP contribution in [0.5, 0.6) is 0 Å². The number of carbonyl (C=O) groups is 1. The minimum atomic E-state index is 0. The Morgan fingerprint density at radius 2 is 2.39 bits per heavy atom. The van der Waals surface area contributed by atoms with Crippen LogP contribution in [0.4, 0.5) is 0 Å². The number of amides is 1. The molecule has 1 aromatic rings. The molecule has 1 saturated heterocycles. The number of aromatic amines is 1. The molecule has 4 nitrogen and oxygen atoms in total. The number of likely N-dealkylation sites (tertiary alicyclic amines) is 1. The smallest absolute Gasteiger partial charge is 0.270 e. The van der Waals surface area contributed by atoms with Crippen molar-refractivity contribution in [2.75, 3.05) is 13.1 Å². The Bertz CT molecular complexity index is 410. The molecule has 2 unspecified atom stereocenters. The van der Waals surface area contributed by atoms with Crippen molar-refractivity contribution in [3.63, 3.8) is 0 Å². The Morgan fingerprint density at radius 1 is 1.67 bits per heavy atom. The van der Waals surface area contributed by atoms with E-state index in [1.54, 1.807) is 0 Å². The van der Waals surface area contributed by atoms with E-state index in [1.807, 2.05) is 17.2 Å². The van der Waals surface area contributed by atoms with E-state index in [1.165, 1.54) is 0 Å². The van der Waals surface area contributed by atoms with Crippen LogP contribution < -0.4 is 5.73 Å². The molecular weight excluding hydrogens is 365 g/mol. The van der Waals surface area contributed by atoms with Crippen molar-refractivity contribution in [2.45, 2.75) is 25.8 Å². The Kier molecular flexibility index (Phi) is 5.94. The van der Waals surface area contributed by atoms with Crippen LogP contribution in [-0.4, -0.2) is 34.9 Å². The number of piperidine rings is 1. The zero-order chi connectivity index (χ0) is 12.4. The Labute approximate surface area is 127 Å². The molecule has 0 aromatic carbocycles. The second-order valence-corrected chi connectivity index (χ2v) is 5.99. The van der Waals surface area contributed by atoms with Crippen LogP contribution in [0.15, 0.2) is 12.3 Å². The predicted molar refractivity (Wildman–Crippen MR) is 83.0 cm³/mol. The van der Waals surface area contributed by atoms with E-state index in [9.17, 15) is 4.79 Å². The van der Waals surface area contributed by atoms with Crippen molar-refractivity contribution in [2.24, 2.45) is 11.7 Å². The summed E-state index contributed by atoms with van der Waals surface area (Å²) in [7, 11) is 0. The van der Waals surface area contributed by atoms with Gasteiger partial charge in [0, 0.05) is 28.9 Å². The number of carbonyl (C=O) groups excluding carboxylic acids is 1. The summed E-state index contributed by atoms with van der Waals surface area (Å²) in [5.41, 5.74) is 6.44. The normalized spacial score (nSPS) is 23.6. The molecule has 2 rings (SSSR count). The largest absolute Gasteiger partial charge is 0.356 e. The highest BCUT2D eigenvalue weighted by Crippen LogP contribution is 2.23. The first-order chi connectivity index (χ1) is 8.11. The summed E-state index contributed by atoms with van der Waals surface area (Å²) < 4.78 is 1.06. The number of rotatable bonds is 2. The van der Waals surface area contributed by atoms with Gasteiger partial charge >= 0.3 is 0 Å². The third-order valence-electron chi connectivity index (χ3n) is 3.39. The monoisotopic (exact) mass is 383 g/mol. The fourth-order valence-electron chi connectivity index (χ4n) is 2.39. The van der Waals surface area contributed by atoms with E-state index < -0.39 is 0 Å². The maximum absolute atomic E-state index is 12.3. The van der Waals surface area contributed by atoms with Gasteiger partial charge in [-0.15, -0.1) is 12.4 Å². The van der Waals surface area contributed by atoms with Crippen molar-refractivity contribution in [1.29, 1.82) is 0 Å². The molecule has 0 saturated carbocycles. The fraction of sp³-hybridized carbons (Fsp3) is 0.583. The van der Waals surface area contributed by atoms with E-state index in [0.717, 1.165) is 23.0 Å². The van der Waals surface area contributed by atoms with Gasteiger partial charge in [0.2, 0.25) is 0 Å². The molecule has 2 heterocycles. The van der Waals surface area contributed by atoms with Crippen molar-refractivity contribution in [3.8, 4) is 0 Å². The summed E-state index contributed by atoms with van der Waals surface area (Å²) in [5.74, 6) is 0.742. The number of nitrogens with one attached hydrogen (secondary N) is 1. The number of aromatic nitrogens is 1. The van der Waals surface area contributed by atoms with Crippen molar-refractivity contribution >= 4 is 40.9 Å². The van der Waals surface area contributed by atoms with E-state index in [-0.39, 0.29) is 24.4 Å². The van der Waals surface area contributed by atoms with Gasteiger partial charge in [0.15, 0.2) is 0 Å². The summed E-state index contributed by atoms with van der Waals surface area (Å²) in [6.45, 7) is 3.59. The minimum absolute atomic E-state index is 0. The molecule has 1 aromatic heterocycles. The average molecular weight is 384 g/mol. The molecule has 0 radical (unpaired) electrons. The Hall–Kier alpha value is -0.270. The molecule has 1 aliphatic heterocycles. The summed E-state index contributed by atoms with van der Waals surface area (Å²) in [4.78, 5) is 17.3. The first kappa shape index (κ1) is 15.8. The van der Waals surface area contributed by atoms with Gasteiger partial charge in [-0.05, 0) is 47.4 Å². The highest BCUT2D eigenvalue weighted by atomic mass is 127. The molecule has 102 valence electrons. The van der Waals surface area contributed by atoms with Crippen LogP contribution in [0.1, 0.15) is 30.3 Å². The van der Waals surface area contributed by atoms with Gasteiger partial charge in [0.1, 0.15) is 5.69 Å². The number of halogens is 2. The summed E-state index contributed by atoms with van der Waals surface area (Å²) in [6.07, 6.45) is 3.93. The van der Waals surface area contributed by atoms with E-state index >= 15 is 0 Å². The highest BCUT2D eigenvalue weighted by molar-refractivity contribution is 14.1. The van der Waals surface area contributed by atoms with Gasteiger partial charge in [-0.3, -0.25) is 4.79 Å². The van der Waals surface area contributed by atoms with Crippen molar-refractivity contribution < 1.29 is 4.79 Å². The zero-order valence-corrected chi connectivity index (χ0v) is 13.3. The summed E-state index contributed by atoms with van der Waals surface area (Å²) in [6, 6.07) is 2.07. The molecule has 0 bridgehead atoms. The molecule has 1 amide bonds. The van der Waals surface area contributed by atoms with Gasteiger partial charge in [-0.1, -0.05) is 6.92 Å². The molecule has 6 heteroatoms. The number of hydrogen-bond acceptors (Lipinski definition) is 2. The number of nitrogens with zero attached hydrogens (tertiary/aromatic N) is 1. The minimum Gasteiger partial charge on any atom is -0.356 e.